The van der Waals surface area contributed by atoms with Gasteiger partial charge in [0, 0.05) is 16.7 Å². The molecule has 0 aliphatic heterocycles. The number of carbonyl (C=O) groups excluding carboxylic acids is 1. The molecular weight excluding hydrogens is 370 g/mol. The summed E-state index contributed by atoms with van der Waals surface area (Å²) in [6, 6.07) is 14.1. The van der Waals surface area contributed by atoms with Gasteiger partial charge >= 0.3 is 5.97 Å². The maximum absolute atomic E-state index is 12.3. The first kappa shape index (κ1) is 17.4. The Morgan fingerprint density at radius 1 is 1.14 bits per heavy atom. The summed E-state index contributed by atoms with van der Waals surface area (Å²) >= 11 is 1.69. The van der Waals surface area contributed by atoms with Crippen LogP contribution in [0.2, 0.25) is 0 Å². The molecule has 5 rings (SSSR count). The number of furan rings is 1. The number of hydrogen-bond acceptors (Lipinski definition) is 5. The first-order chi connectivity index (χ1) is 13.8. The summed E-state index contributed by atoms with van der Waals surface area (Å²) in [5.74, 6) is 0.930. The lowest BCUT2D eigenvalue weighted by Crippen LogP contribution is -2.07. The lowest BCUT2D eigenvalue weighted by atomic mass is 10.1. The van der Waals surface area contributed by atoms with Gasteiger partial charge in [0.15, 0.2) is 0 Å². The third-order valence-electron chi connectivity index (χ3n) is 5.45. The Morgan fingerprint density at radius 3 is 2.89 bits per heavy atom. The maximum Gasteiger partial charge on any atom is 0.313 e. The molecule has 2 heterocycles. The Labute approximate surface area is 167 Å². The van der Waals surface area contributed by atoms with Gasteiger partial charge in [0.25, 0.3) is 0 Å². The summed E-state index contributed by atoms with van der Waals surface area (Å²) < 4.78 is 11.3. The van der Waals surface area contributed by atoms with Crippen molar-refractivity contribution in [3.8, 4) is 0 Å². The SMILES string of the molecule is O=C(Cc1cc2c(ccc3ccccc32)o1)OCc1csc(C2CCCC2)n1. The molecule has 0 radical (unpaired) electrons. The number of rotatable bonds is 5. The van der Waals surface area contributed by atoms with Crippen molar-refractivity contribution in [3.63, 3.8) is 0 Å². The quantitative estimate of drug-likeness (QED) is 0.392. The van der Waals surface area contributed by atoms with E-state index in [1.165, 1.54) is 30.7 Å². The third kappa shape index (κ3) is 3.42. The summed E-state index contributed by atoms with van der Waals surface area (Å²) in [6.45, 7) is 0.227. The number of nitrogens with zero attached hydrogens (tertiary/aromatic N) is 1. The van der Waals surface area contributed by atoms with Crippen LogP contribution in [0.1, 0.15) is 48.1 Å². The van der Waals surface area contributed by atoms with Crippen molar-refractivity contribution in [2.75, 3.05) is 0 Å². The van der Waals surface area contributed by atoms with E-state index in [0.29, 0.717) is 11.7 Å². The van der Waals surface area contributed by atoms with E-state index in [0.717, 1.165) is 27.4 Å². The molecule has 0 amide bonds. The maximum atomic E-state index is 12.3. The zero-order chi connectivity index (χ0) is 18.9. The van der Waals surface area contributed by atoms with E-state index < -0.39 is 0 Å². The van der Waals surface area contributed by atoms with Gasteiger partial charge in [0.05, 0.1) is 10.7 Å². The molecule has 0 atom stereocenters. The predicted octanol–water partition coefficient (Wildman–Crippen LogP) is 5.99. The Hall–Kier alpha value is -2.66. The minimum atomic E-state index is -0.293. The van der Waals surface area contributed by atoms with Gasteiger partial charge in [0.1, 0.15) is 24.4 Å². The number of benzene rings is 2. The normalized spacial score (nSPS) is 14.9. The van der Waals surface area contributed by atoms with Crippen LogP contribution in [0, 0.1) is 0 Å². The van der Waals surface area contributed by atoms with Crippen molar-refractivity contribution in [2.24, 2.45) is 0 Å². The molecule has 1 saturated carbocycles. The number of aromatic nitrogens is 1. The van der Waals surface area contributed by atoms with Gasteiger partial charge in [-0.15, -0.1) is 11.3 Å². The van der Waals surface area contributed by atoms with Gasteiger partial charge in [-0.2, -0.15) is 0 Å². The van der Waals surface area contributed by atoms with Crippen LogP contribution in [0.15, 0.2) is 52.3 Å². The number of thiazole rings is 1. The molecule has 0 saturated heterocycles. The van der Waals surface area contributed by atoms with Crippen LogP contribution in [0.4, 0.5) is 0 Å². The fourth-order valence-corrected chi connectivity index (χ4v) is 5.00. The van der Waals surface area contributed by atoms with Crippen LogP contribution in [-0.4, -0.2) is 11.0 Å². The molecule has 28 heavy (non-hydrogen) atoms. The highest BCUT2D eigenvalue weighted by atomic mass is 32.1. The summed E-state index contributed by atoms with van der Waals surface area (Å²) in [4.78, 5) is 16.9. The minimum Gasteiger partial charge on any atom is -0.460 e. The molecule has 0 spiro atoms. The van der Waals surface area contributed by atoms with Crippen LogP contribution in [0.25, 0.3) is 21.7 Å². The number of carbonyl (C=O) groups is 1. The van der Waals surface area contributed by atoms with Crippen LogP contribution in [-0.2, 0) is 22.6 Å². The molecule has 142 valence electrons. The first-order valence-electron chi connectivity index (χ1n) is 9.76. The van der Waals surface area contributed by atoms with E-state index in [9.17, 15) is 4.79 Å². The van der Waals surface area contributed by atoms with Crippen molar-refractivity contribution in [3.05, 3.63) is 64.3 Å². The van der Waals surface area contributed by atoms with E-state index >= 15 is 0 Å². The number of esters is 1. The van der Waals surface area contributed by atoms with Crippen LogP contribution in [0.3, 0.4) is 0 Å². The topological polar surface area (TPSA) is 52.3 Å². The molecular formula is C23H21NO3S. The van der Waals surface area contributed by atoms with Gasteiger partial charge < -0.3 is 9.15 Å². The van der Waals surface area contributed by atoms with E-state index in [4.69, 9.17) is 9.15 Å². The second-order valence-electron chi connectivity index (χ2n) is 7.41. The molecule has 0 N–H and O–H groups in total. The lowest BCUT2D eigenvalue weighted by molar-refractivity contribution is -0.144. The molecule has 1 aliphatic carbocycles. The summed E-state index contributed by atoms with van der Waals surface area (Å²) in [7, 11) is 0. The average molecular weight is 391 g/mol. The summed E-state index contributed by atoms with van der Waals surface area (Å²) in [6.07, 6.45) is 5.17. The molecule has 4 nitrogen and oxygen atoms in total. The van der Waals surface area contributed by atoms with E-state index in [1.54, 1.807) is 11.3 Å². The fraction of sp³-hybridized carbons (Fsp3) is 0.304. The highest BCUT2D eigenvalue weighted by Gasteiger charge is 2.20. The molecule has 0 bridgehead atoms. The molecule has 2 aromatic carbocycles. The Balaban J connectivity index is 1.25. The zero-order valence-electron chi connectivity index (χ0n) is 15.5. The molecule has 1 fully saturated rings. The van der Waals surface area contributed by atoms with Crippen LogP contribution >= 0.6 is 11.3 Å². The smallest absolute Gasteiger partial charge is 0.313 e. The molecule has 0 unspecified atom stereocenters. The molecule has 2 aromatic heterocycles. The van der Waals surface area contributed by atoms with Gasteiger partial charge in [-0.1, -0.05) is 43.2 Å². The van der Waals surface area contributed by atoms with Crippen LogP contribution in [0.5, 0.6) is 0 Å². The lowest BCUT2D eigenvalue weighted by Gasteiger charge is -2.03. The fourth-order valence-electron chi connectivity index (χ4n) is 4.03. The summed E-state index contributed by atoms with van der Waals surface area (Å²) in [5.41, 5.74) is 1.64. The van der Waals surface area contributed by atoms with Crippen molar-refractivity contribution < 1.29 is 13.9 Å². The minimum absolute atomic E-state index is 0.128. The summed E-state index contributed by atoms with van der Waals surface area (Å²) in [5, 5.41) is 6.51. The Morgan fingerprint density at radius 2 is 2.00 bits per heavy atom. The Bertz CT molecular complexity index is 1140. The molecule has 1 aliphatic rings. The average Bonchev–Trinajstić information content (AvgIpc) is 3.45. The second-order valence-corrected chi connectivity index (χ2v) is 8.30. The molecule has 4 aromatic rings. The molecule has 5 heteroatoms. The number of fused-ring (bicyclic) bond motifs is 3. The zero-order valence-corrected chi connectivity index (χ0v) is 16.3. The van der Waals surface area contributed by atoms with Gasteiger partial charge in [0.2, 0.25) is 0 Å². The van der Waals surface area contributed by atoms with Crippen molar-refractivity contribution in [1.82, 2.24) is 4.98 Å². The van der Waals surface area contributed by atoms with Crippen molar-refractivity contribution in [1.29, 1.82) is 0 Å². The number of ether oxygens (including phenoxy) is 1. The number of hydrogen-bond donors (Lipinski definition) is 0. The third-order valence-corrected chi connectivity index (χ3v) is 6.51. The van der Waals surface area contributed by atoms with Crippen molar-refractivity contribution >= 4 is 39.0 Å². The highest BCUT2D eigenvalue weighted by Crippen LogP contribution is 2.35. The predicted molar refractivity (Wildman–Crippen MR) is 111 cm³/mol. The van der Waals surface area contributed by atoms with Gasteiger partial charge in [-0.3, -0.25) is 4.79 Å². The second kappa shape index (κ2) is 7.40. The van der Waals surface area contributed by atoms with Crippen LogP contribution < -0.4 is 0 Å². The van der Waals surface area contributed by atoms with E-state index in [1.807, 2.05) is 35.7 Å². The van der Waals surface area contributed by atoms with Gasteiger partial charge in [-0.25, -0.2) is 4.98 Å². The standard InChI is InChI=1S/C23H21NO3S/c25-22(26-13-17-14-28-23(24-17)16-6-1-2-7-16)12-18-11-20-19-8-4-3-5-15(19)9-10-21(20)27-18/h3-5,8-11,14,16H,1-2,6-7,12-13H2. The highest BCUT2D eigenvalue weighted by molar-refractivity contribution is 7.09. The first-order valence-corrected chi connectivity index (χ1v) is 10.6. The largest absolute Gasteiger partial charge is 0.460 e. The Kier molecular flexibility index (Phi) is 4.61. The van der Waals surface area contributed by atoms with E-state index in [2.05, 4.69) is 17.1 Å². The van der Waals surface area contributed by atoms with E-state index in [-0.39, 0.29) is 19.0 Å². The van der Waals surface area contributed by atoms with Crippen molar-refractivity contribution in [2.45, 2.75) is 44.6 Å². The van der Waals surface area contributed by atoms with Gasteiger partial charge in [-0.05, 0) is 35.7 Å². The monoisotopic (exact) mass is 391 g/mol.